The highest BCUT2D eigenvalue weighted by Gasteiger charge is 2.43. The van der Waals surface area contributed by atoms with Crippen molar-refractivity contribution in [3.05, 3.63) is 29.8 Å². The number of nitrogens with zero attached hydrogens (tertiary/aromatic N) is 1. The van der Waals surface area contributed by atoms with Crippen LogP contribution in [0.15, 0.2) is 24.3 Å². The van der Waals surface area contributed by atoms with E-state index in [0.29, 0.717) is 24.1 Å². The Morgan fingerprint density at radius 1 is 0.923 bits per heavy atom. The molecule has 1 aromatic carbocycles. The molecule has 2 unspecified atom stereocenters. The average molecular weight is 741 g/mol. The first-order valence-electron chi connectivity index (χ1n) is 17.9. The normalized spacial score (nSPS) is 16.6. The van der Waals surface area contributed by atoms with Gasteiger partial charge in [0.1, 0.15) is 18.7 Å². The van der Waals surface area contributed by atoms with Crippen LogP contribution in [0.3, 0.4) is 0 Å². The molecule has 0 aromatic heterocycles. The van der Waals surface area contributed by atoms with Crippen LogP contribution in [0.5, 0.6) is 0 Å². The van der Waals surface area contributed by atoms with E-state index in [0.717, 1.165) is 0 Å². The van der Waals surface area contributed by atoms with Gasteiger partial charge < -0.3 is 26.4 Å². The van der Waals surface area contributed by atoms with E-state index in [1.165, 1.54) is 4.90 Å². The van der Waals surface area contributed by atoms with E-state index in [1.807, 2.05) is 13.8 Å². The van der Waals surface area contributed by atoms with Crippen molar-refractivity contribution >= 4 is 41.3 Å². The highest BCUT2D eigenvalue weighted by molar-refractivity contribution is 6.03. The molecule has 1 aromatic rings. The third-order valence-electron chi connectivity index (χ3n) is 8.86. The first kappa shape index (κ1) is 44.0. The molecule has 0 radical (unpaired) electrons. The van der Waals surface area contributed by atoms with Crippen molar-refractivity contribution < 1.29 is 46.7 Å². The summed E-state index contributed by atoms with van der Waals surface area (Å²) in [5.41, 5.74) is 6.17. The molecule has 0 spiro atoms. The largest absolute Gasteiger partial charge is 0.461 e. The molecular formula is C36H55F3N6O7. The van der Waals surface area contributed by atoms with Crippen LogP contribution < -0.4 is 27.0 Å². The van der Waals surface area contributed by atoms with Gasteiger partial charge in [0, 0.05) is 31.1 Å². The van der Waals surface area contributed by atoms with Crippen molar-refractivity contribution in [3.63, 3.8) is 0 Å². The van der Waals surface area contributed by atoms with Crippen LogP contribution in [-0.2, 0) is 35.3 Å². The monoisotopic (exact) mass is 740 g/mol. The molecule has 0 saturated carbocycles. The number of ether oxygens (including phenoxy) is 1. The number of hydrogen-bond donors (Lipinski definition) is 5. The Morgan fingerprint density at radius 3 is 2.12 bits per heavy atom. The molecule has 4 atom stereocenters. The van der Waals surface area contributed by atoms with E-state index in [4.69, 9.17) is 10.5 Å². The molecule has 13 nitrogen and oxygen atoms in total. The lowest BCUT2D eigenvalue weighted by molar-refractivity contribution is -0.161. The molecule has 6 amide bonds. The summed E-state index contributed by atoms with van der Waals surface area (Å²) in [6.45, 7) is 10.6. The molecular weight excluding hydrogens is 685 g/mol. The lowest BCUT2D eigenvalue weighted by atomic mass is 9.94. The Morgan fingerprint density at radius 2 is 1.58 bits per heavy atom. The van der Waals surface area contributed by atoms with Crippen molar-refractivity contribution in [3.8, 4) is 0 Å². The quantitative estimate of drug-likeness (QED) is 0.0697. The molecule has 1 aliphatic heterocycles. The number of carbonyl (C=O) groups excluding carboxylic acids is 6. The van der Waals surface area contributed by atoms with E-state index in [1.54, 1.807) is 52.0 Å². The molecule has 6 N–H and O–H groups in total. The van der Waals surface area contributed by atoms with Crippen molar-refractivity contribution in [1.29, 1.82) is 0 Å². The average Bonchev–Trinajstić information content (AvgIpc) is 3.34. The van der Waals surface area contributed by atoms with E-state index in [9.17, 15) is 41.9 Å². The highest BCUT2D eigenvalue weighted by atomic mass is 19.4. The fraction of sp³-hybridized carbons (Fsp3) is 0.667. The number of unbranched alkanes of at least 4 members (excludes halogenated alkanes) is 2. The van der Waals surface area contributed by atoms with Crippen LogP contribution >= 0.6 is 0 Å². The summed E-state index contributed by atoms with van der Waals surface area (Å²) in [6, 6.07) is 1.17. The molecule has 1 fully saturated rings. The van der Waals surface area contributed by atoms with Gasteiger partial charge in [-0.05, 0) is 55.2 Å². The van der Waals surface area contributed by atoms with Crippen LogP contribution in [0.25, 0.3) is 0 Å². The number of halogens is 3. The second-order valence-corrected chi connectivity index (χ2v) is 14.2. The first-order chi connectivity index (χ1) is 24.3. The number of primary amides is 1. The molecule has 52 heavy (non-hydrogen) atoms. The second kappa shape index (κ2) is 20.7. The van der Waals surface area contributed by atoms with Gasteiger partial charge in [-0.1, -0.05) is 66.5 Å². The number of carbonyl (C=O) groups is 6. The minimum atomic E-state index is -4.69. The topological polar surface area (TPSA) is 189 Å². The van der Waals surface area contributed by atoms with Crippen LogP contribution in [0, 0.1) is 23.7 Å². The van der Waals surface area contributed by atoms with Crippen molar-refractivity contribution in [2.75, 3.05) is 18.4 Å². The summed E-state index contributed by atoms with van der Waals surface area (Å²) < 4.78 is 47.8. The smallest absolute Gasteiger partial charge is 0.403 e. The number of nitrogens with two attached hydrogens (primary N) is 1. The summed E-state index contributed by atoms with van der Waals surface area (Å²) in [5, 5.41) is 10.2. The molecule has 0 bridgehead atoms. The Bertz CT molecular complexity index is 1370. The molecule has 292 valence electrons. The summed E-state index contributed by atoms with van der Waals surface area (Å²) in [4.78, 5) is 75.8. The van der Waals surface area contributed by atoms with Crippen molar-refractivity contribution in [2.24, 2.45) is 29.4 Å². The minimum Gasteiger partial charge on any atom is -0.461 e. The van der Waals surface area contributed by atoms with Gasteiger partial charge in [0.05, 0.1) is 12.0 Å². The van der Waals surface area contributed by atoms with Crippen LogP contribution in [-0.4, -0.2) is 77.9 Å². The maximum Gasteiger partial charge on any atom is 0.403 e. The molecule has 1 heterocycles. The summed E-state index contributed by atoms with van der Waals surface area (Å²) in [7, 11) is 0. The number of anilines is 1. The van der Waals surface area contributed by atoms with E-state index in [2.05, 4.69) is 21.3 Å². The van der Waals surface area contributed by atoms with Gasteiger partial charge in [0.15, 0.2) is 0 Å². The zero-order valence-corrected chi connectivity index (χ0v) is 30.9. The number of urea groups is 1. The van der Waals surface area contributed by atoms with Gasteiger partial charge in [-0.3, -0.25) is 34.2 Å². The van der Waals surface area contributed by atoms with Crippen LogP contribution in [0.2, 0.25) is 0 Å². The van der Waals surface area contributed by atoms with Gasteiger partial charge in [-0.25, -0.2) is 4.79 Å². The number of esters is 1. The van der Waals surface area contributed by atoms with Crippen molar-refractivity contribution in [1.82, 2.24) is 20.9 Å². The SMILES string of the molecule is CC(C)C(=O)OCc1ccc(NC(=O)[C@H](CCCNC(N)=O)NC(=O)[C@@H](NC(CCCCCN2C(=O)CC(C(C)C)C2=O)C(F)(F)F)C(C)C)cc1. The lowest BCUT2D eigenvalue weighted by Gasteiger charge is -2.30. The highest BCUT2D eigenvalue weighted by Crippen LogP contribution is 2.28. The predicted octanol–water partition coefficient (Wildman–Crippen LogP) is 4.39. The molecule has 1 aliphatic rings. The van der Waals surface area contributed by atoms with Gasteiger partial charge >= 0.3 is 18.2 Å². The number of amides is 6. The number of hydrogen-bond acceptors (Lipinski definition) is 8. The number of rotatable bonds is 21. The standard InChI is InChI=1S/C36H55F3N6O7/c1-21(2)26-19-29(46)45(33(26)49)18-9-7-8-12-28(36(37,38)39)44-30(22(3)4)32(48)43-27(11-10-17-41-35(40)51)31(47)42-25-15-13-24(14-16-25)20-52-34(50)23(5)6/h13-16,21-23,26-28,30,44H,7-12,17-20H2,1-6H3,(H,42,47)(H,43,48)(H3,40,41,51)/t26?,27-,28?,30-/m0/s1. The van der Waals surface area contributed by atoms with Crippen LogP contribution in [0.1, 0.15) is 92.1 Å². The Labute approximate surface area is 303 Å². The number of alkyl halides is 3. The Balaban J connectivity index is 2.06. The molecule has 0 aliphatic carbocycles. The van der Waals surface area contributed by atoms with E-state index < -0.39 is 48.1 Å². The minimum absolute atomic E-state index is 0.0158. The van der Waals surface area contributed by atoms with Gasteiger partial charge in [-0.2, -0.15) is 13.2 Å². The van der Waals surface area contributed by atoms with Gasteiger partial charge in [0.25, 0.3) is 0 Å². The first-order valence-corrected chi connectivity index (χ1v) is 17.9. The van der Waals surface area contributed by atoms with E-state index in [-0.39, 0.29) is 87.3 Å². The summed E-state index contributed by atoms with van der Waals surface area (Å²) >= 11 is 0. The zero-order chi connectivity index (χ0) is 39.2. The number of benzene rings is 1. The summed E-state index contributed by atoms with van der Waals surface area (Å²) in [5.74, 6) is -3.53. The maximum absolute atomic E-state index is 14.2. The summed E-state index contributed by atoms with van der Waals surface area (Å²) in [6.07, 6.45) is -3.80. The molecule has 1 saturated heterocycles. The van der Waals surface area contributed by atoms with Crippen molar-refractivity contribution in [2.45, 2.75) is 117 Å². The molecule has 2 rings (SSSR count). The fourth-order valence-corrected chi connectivity index (χ4v) is 5.67. The second-order valence-electron chi connectivity index (χ2n) is 14.2. The van der Waals surface area contributed by atoms with Gasteiger partial charge in [-0.15, -0.1) is 0 Å². The lowest BCUT2D eigenvalue weighted by Crippen LogP contribution is -2.58. The maximum atomic E-state index is 14.2. The molecule has 16 heteroatoms. The zero-order valence-electron chi connectivity index (χ0n) is 30.9. The number of nitrogens with one attached hydrogen (secondary N) is 4. The third-order valence-corrected chi connectivity index (χ3v) is 8.86. The van der Waals surface area contributed by atoms with E-state index >= 15 is 0 Å². The Hall–Kier alpha value is -4.21. The van der Waals surface area contributed by atoms with Crippen LogP contribution in [0.4, 0.5) is 23.7 Å². The number of imide groups is 1. The Kier molecular flexibility index (Phi) is 17.5. The van der Waals surface area contributed by atoms with Gasteiger partial charge in [0.2, 0.25) is 23.6 Å². The number of likely N-dealkylation sites (tertiary alicyclic amines) is 1. The third kappa shape index (κ3) is 14.4. The predicted molar refractivity (Wildman–Crippen MR) is 188 cm³/mol. The fourth-order valence-electron chi connectivity index (χ4n) is 5.67.